The van der Waals surface area contributed by atoms with Gasteiger partial charge in [0.05, 0.1) is 23.6 Å². The molecule has 0 aliphatic heterocycles. The SMILES string of the molecule is C=C/C=C\C=C/C.C=N/C(=C\C(=NCc1ccc(C)cc1)c1ccccc1)c1ccccc1.CC(=Nc1cc(-c2ccccc2C(C)C)c(C)cc1C)c1ccccc1.c1ccccc1. The van der Waals surface area contributed by atoms with Crippen LogP contribution in [0.4, 0.5) is 5.69 Å². The van der Waals surface area contributed by atoms with Gasteiger partial charge >= 0.3 is 0 Å². The molecule has 3 nitrogen and oxygen atoms in total. The third kappa shape index (κ3) is 17.3. The van der Waals surface area contributed by atoms with Crippen LogP contribution >= 0.6 is 0 Å². The smallest absolute Gasteiger partial charge is 0.0716 e. The number of hydrogen-bond donors (Lipinski definition) is 0. The van der Waals surface area contributed by atoms with Gasteiger partial charge in [0.1, 0.15) is 0 Å². The molecule has 0 amide bonds. The second kappa shape index (κ2) is 28.2. The number of hydrogen-bond acceptors (Lipinski definition) is 3. The number of benzene rings is 7. The summed E-state index contributed by atoms with van der Waals surface area (Å²) in [6.07, 6.45) is 11.5. The van der Waals surface area contributed by atoms with Crippen LogP contribution in [0.15, 0.2) is 246 Å². The molecule has 7 rings (SSSR count). The van der Waals surface area contributed by atoms with Gasteiger partial charge in [0, 0.05) is 11.3 Å². The van der Waals surface area contributed by atoms with E-state index in [-0.39, 0.29) is 0 Å². The van der Waals surface area contributed by atoms with Gasteiger partial charge in [-0.3, -0.25) is 15.0 Å². The van der Waals surface area contributed by atoms with Gasteiger partial charge in [0.2, 0.25) is 0 Å². The van der Waals surface area contributed by atoms with E-state index >= 15 is 0 Å². The van der Waals surface area contributed by atoms with Crippen LogP contribution in [0.5, 0.6) is 0 Å². The standard InChI is InChI=1S/C25H27N.C24H22N2.C7H10.C6H6/c1-17(2)22-13-9-10-14-23(22)24-16-25(19(4)15-18(24)3)26-20(5)21-11-7-6-8-12-21;1-19-13-15-20(16-14-19)18-26-24(22-11-7-4-8-12-22)17-23(25-2)21-9-5-3-6-10-21;1-3-5-7-6-4-2;1-2-4-6-5-3-1/h6-17H,1-5H3;3-17H,2,18H2,1H3;3-7H,1H2,2H3;1-6H/b;23-17-,26-24?;6-4-,7-5-;. The summed E-state index contributed by atoms with van der Waals surface area (Å²) in [7, 11) is 0. The maximum Gasteiger partial charge on any atom is 0.0716 e. The molecule has 0 radical (unpaired) electrons. The Hall–Kier alpha value is -7.49. The summed E-state index contributed by atoms with van der Waals surface area (Å²) in [5, 5.41) is 0. The fourth-order valence-electron chi connectivity index (χ4n) is 6.72. The zero-order chi connectivity index (χ0) is 46.7. The summed E-state index contributed by atoms with van der Waals surface area (Å²) < 4.78 is 0. The maximum absolute atomic E-state index is 4.95. The number of aliphatic imine (C=N–C) groups is 3. The lowest BCUT2D eigenvalue weighted by Crippen LogP contribution is -1.99. The third-order valence-electron chi connectivity index (χ3n) is 10.2. The average Bonchev–Trinajstić information content (AvgIpc) is 3.35. The lowest BCUT2D eigenvalue weighted by molar-refractivity contribution is 0.869. The van der Waals surface area contributed by atoms with Crippen molar-refractivity contribution in [2.45, 2.75) is 60.9 Å². The van der Waals surface area contributed by atoms with Crippen molar-refractivity contribution in [3.05, 3.63) is 276 Å². The first kappa shape index (κ1) is 50.2. The molecule has 0 heterocycles. The molecule has 0 aliphatic rings. The molecule has 65 heavy (non-hydrogen) atoms. The molecular weight excluding hydrogens is 787 g/mol. The van der Waals surface area contributed by atoms with Crippen molar-refractivity contribution in [3.63, 3.8) is 0 Å². The molecule has 0 aliphatic carbocycles. The lowest BCUT2D eigenvalue weighted by Gasteiger charge is -2.16. The second-order valence-corrected chi connectivity index (χ2v) is 15.7. The molecule has 0 bridgehead atoms. The van der Waals surface area contributed by atoms with Crippen LogP contribution in [-0.2, 0) is 6.54 Å². The molecule has 7 aromatic rings. The molecule has 0 N–H and O–H groups in total. The van der Waals surface area contributed by atoms with Gasteiger partial charge in [-0.2, -0.15) is 0 Å². The van der Waals surface area contributed by atoms with Gasteiger partial charge in [-0.25, -0.2) is 0 Å². The normalized spacial score (nSPS) is 11.5. The zero-order valence-corrected chi connectivity index (χ0v) is 39.4. The highest BCUT2D eigenvalue weighted by molar-refractivity contribution is 6.12. The first-order chi connectivity index (χ1) is 31.6. The predicted molar refractivity (Wildman–Crippen MR) is 286 cm³/mol. The lowest BCUT2D eigenvalue weighted by atomic mass is 9.89. The molecule has 7 aromatic carbocycles. The van der Waals surface area contributed by atoms with Crippen LogP contribution in [-0.4, -0.2) is 18.1 Å². The highest BCUT2D eigenvalue weighted by Crippen LogP contribution is 2.35. The topological polar surface area (TPSA) is 37.1 Å². The molecule has 0 unspecified atom stereocenters. The van der Waals surface area contributed by atoms with E-state index in [1.165, 1.54) is 38.9 Å². The summed E-state index contributed by atoms with van der Waals surface area (Å²) in [6.45, 7) is 22.9. The number of nitrogens with zero attached hydrogens (tertiary/aromatic N) is 3. The predicted octanol–water partition coefficient (Wildman–Crippen LogP) is 17.0. The van der Waals surface area contributed by atoms with Crippen LogP contribution in [0, 0.1) is 20.8 Å². The van der Waals surface area contributed by atoms with Crippen molar-refractivity contribution >= 4 is 29.5 Å². The van der Waals surface area contributed by atoms with Crippen LogP contribution in [0.25, 0.3) is 16.8 Å². The largest absolute Gasteiger partial charge is 0.280 e. The Labute approximate surface area is 390 Å². The van der Waals surface area contributed by atoms with Gasteiger partial charge in [-0.1, -0.05) is 238 Å². The minimum Gasteiger partial charge on any atom is -0.280 e. The van der Waals surface area contributed by atoms with E-state index in [0.29, 0.717) is 12.5 Å². The summed E-state index contributed by atoms with van der Waals surface area (Å²) in [5.74, 6) is 0.491. The van der Waals surface area contributed by atoms with Crippen molar-refractivity contribution in [2.75, 3.05) is 0 Å². The van der Waals surface area contributed by atoms with Crippen LogP contribution in [0.3, 0.4) is 0 Å². The maximum atomic E-state index is 4.95. The Bertz CT molecular complexity index is 2600. The van der Waals surface area contributed by atoms with E-state index in [0.717, 1.165) is 39.5 Å². The Kier molecular flexibility index (Phi) is 21.8. The van der Waals surface area contributed by atoms with Crippen LogP contribution in [0.2, 0.25) is 0 Å². The van der Waals surface area contributed by atoms with Crippen molar-refractivity contribution < 1.29 is 0 Å². The Balaban J connectivity index is 0.000000223. The molecule has 328 valence electrons. The average molecular weight is 852 g/mol. The fourth-order valence-corrected chi connectivity index (χ4v) is 6.72. The van der Waals surface area contributed by atoms with Gasteiger partial charge in [-0.15, -0.1) is 0 Å². The van der Waals surface area contributed by atoms with E-state index in [2.05, 4.69) is 157 Å². The number of aryl methyl sites for hydroxylation is 3. The molecule has 0 fully saturated rings. The van der Waals surface area contributed by atoms with Gasteiger partial charge < -0.3 is 0 Å². The van der Waals surface area contributed by atoms with Crippen molar-refractivity contribution in [3.8, 4) is 11.1 Å². The van der Waals surface area contributed by atoms with Gasteiger partial charge in [0.15, 0.2) is 0 Å². The molecule has 3 heteroatoms. The molecule has 0 aromatic heterocycles. The van der Waals surface area contributed by atoms with Crippen LogP contribution < -0.4 is 0 Å². The monoisotopic (exact) mass is 852 g/mol. The van der Waals surface area contributed by atoms with Crippen molar-refractivity contribution in [1.29, 1.82) is 0 Å². The minimum atomic E-state index is 0.491. The van der Waals surface area contributed by atoms with Crippen molar-refractivity contribution in [1.82, 2.24) is 0 Å². The van der Waals surface area contributed by atoms with E-state index < -0.39 is 0 Å². The third-order valence-corrected chi connectivity index (χ3v) is 10.2. The highest BCUT2D eigenvalue weighted by Gasteiger charge is 2.13. The zero-order valence-electron chi connectivity index (χ0n) is 39.4. The molecule has 0 spiro atoms. The van der Waals surface area contributed by atoms with E-state index in [1.807, 2.05) is 128 Å². The second-order valence-electron chi connectivity index (χ2n) is 15.7. The minimum absolute atomic E-state index is 0.491. The molecular formula is C62H65N3. The highest BCUT2D eigenvalue weighted by atomic mass is 14.8. The number of allylic oxidation sites excluding steroid dienone is 6. The quantitative estimate of drug-likeness (QED) is 0.0868. The van der Waals surface area contributed by atoms with E-state index in [4.69, 9.17) is 9.98 Å². The van der Waals surface area contributed by atoms with Crippen LogP contribution in [0.1, 0.15) is 78.1 Å². The molecule has 0 saturated heterocycles. The molecule has 0 atom stereocenters. The van der Waals surface area contributed by atoms with Crippen molar-refractivity contribution in [2.24, 2.45) is 15.0 Å². The van der Waals surface area contributed by atoms with Gasteiger partial charge in [0.25, 0.3) is 0 Å². The number of rotatable bonds is 12. The Morgan fingerprint density at radius 3 is 1.63 bits per heavy atom. The van der Waals surface area contributed by atoms with E-state index in [1.54, 1.807) is 6.08 Å². The Morgan fingerprint density at radius 1 is 0.569 bits per heavy atom. The summed E-state index contributed by atoms with van der Waals surface area (Å²) in [4.78, 5) is 14.0. The Morgan fingerprint density at radius 2 is 1.09 bits per heavy atom. The first-order valence-corrected chi connectivity index (χ1v) is 22.3. The van der Waals surface area contributed by atoms with Gasteiger partial charge in [-0.05, 0) is 104 Å². The summed E-state index contributed by atoms with van der Waals surface area (Å²) in [6, 6.07) is 64.3. The molecule has 0 saturated carbocycles. The summed E-state index contributed by atoms with van der Waals surface area (Å²) in [5.41, 5.74) is 16.0. The van der Waals surface area contributed by atoms with E-state index in [9.17, 15) is 0 Å². The first-order valence-electron chi connectivity index (χ1n) is 22.3. The summed E-state index contributed by atoms with van der Waals surface area (Å²) >= 11 is 0. The fraction of sp³-hybridized carbons (Fsp3) is 0.145.